The molecule has 2 aromatic heterocycles. The summed E-state index contributed by atoms with van der Waals surface area (Å²) in [5.74, 6) is 2.17. The van der Waals surface area contributed by atoms with E-state index in [9.17, 15) is 4.79 Å². The Kier molecular flexibility index (Phi) is 4.32. The summed E-state index contributed by atoms with van der Waals surface area (Å²) in [7, 11) is 0. The van der Waals surface area contributed by atoms with E-state index in [2.05, 4.69) is 15.4 Å². The molecule has 0 radical (unpaired) electrons. The molecule has 0 bridgehead atoms. The molecule has 1 N–H and O–H groups in total. The van der Waals surface area contributed by atoms with Crippen LogP contribution in [-0.2, 0) is 0 Å². The maximum Gasteiger partial charge on any atom is 0.260 e. The number of hydrogen-bond donors (Lipinski definition) is 1. The van der Waals surface area contributed by atoms with E-state index >= 15 is 0 Å². The summed E-state index contributed by atoms with van der Waals surface area (Å²) in [6, 6.07) is 9.55. The lowest BCUT2D eigenvalue weighted by Gasteiger charge is -2.19. The fraction of sp³-hybridized carbons (Fsp3) is 0.435. The van der Waals surface area contributed by atoms with Crippen molar-refractivity contribution in [1.82, 2.24) is 19.5 Å². The standard InChI is InChI=1S/C23H24ClN5O/c24-18-6-4-14(5-7-18)20-10-17-11-25-23(26-21(17)29(22(20)30)19-8-9-19)27-28-12-15-2-1-3-16(15)13-28/h4-7,10-11,15-16,19H,1-3,8-9,12-13H2,(H,25,26,27). The number of aromatic nitrogens is 3. The van der Waals surface area contributed by atoms with Crippen molar-refractivity contribution < 1.29 is 0 Å². The van der Waals surface area contributed by atoms with Gasteiger partial charge in [-0.15, -0.1) is 0 Å². The molecule has 3 aliphatic rings. The van der Waals surface area contributed by atoms with E-state index in [4.69, 9.17) is 16.6 Å². The van der Waals surface area contributed by atoms with Crippen molar-refractivity contribution in [2.75, 3.05) is 18.5 Å². The van der Waals surface area contributed by atoms with Crippen molar-refractivity contribution in [3.8, 4) is 11.1 Å². The zero-order valence-electron chi connectivity index (χ0n) is 16.7. The first kappa shape index (κ1) is 18.3. The molecular weight excluding hydrogens is 398 g/mol. The second-order valence-corrected chi connectivity index (χ2v) is 9.35. The van der Waals surface area contributed by atoms with Crippen LogP contribution >= 0.6 is 11.6 Å². The van der Waals surface area contributed by atoms with Gasteiger partial charge < -0.3 is 0 Å². The molecule has 1 aromatic carbocycles. The highest BCUT2D eigenvalue weighted by atomic mass is 35.5. The third-order valence-electron chi connectivity index (χ3n) is 6.82. The second kappa shape index (κ2) is 7.06. The zero-order valence-corrected chi connectivity index (χ0v) is 17.5. The van der Waals surface area contributed by atoms with Gasteiger partial charge in [0.1, 0.15) is 5.65 Å². The van der Waals surface area contributed by atoms with E-state index in [0.717, 1.165) is 54.4 Å². The molecule has 2 unspecified atom stereocenters. The van der Waals surface area contributed by atoms with Gasteiger partial charge in [-0.05, 0) is 61.3 Å². The quantitative estimate of drug-likeness (QED) is 0.671. The molecule has 1 aliphatic heterocycles. The Morgan fingerprint density at radius 3 is 2.47 bits per heavy atom. The Bertz CT molecular complexity index is 1160. The normalized spacial score (nSPS) is 23.8. The maximum atomic E-state index is 13.4. The molecule has 2 saturated carbocycles. The van der Waals surface area contributed by atoms with Gasteiger partial charge in [-0.2, -0.15) is 4.98 Å². The molecule has 154 valence electrons. The van der Waals surface area contributed by atoms with Gasteiger partial charge in [0.2, 0.25) is 5.95 Å². The van der Waals surface area contributed by atoms with E-state index in [1.165, 1.54) is 19.3 Å². The van der Waals surface area contributed by atoms with E-state index in [-0.39, 0.29) is 11.6 Å². The highest BCUT2D eigenvalue weighted by Gasteiger charge is 2.36. The second-order valence-electron chi connectivity index (χ2n) is 8.91. The zero-order chi connectivity index (χ0) is 20.2. The van der Waals surface area contributed by atoms with E-state index in [0.29, 0.717) is 16.5 Å². The fourth-order valence-electron chi connectivity index (χ4n) is 5.15. The van der Waals surface area contributed by atoms with Crippen LogP contribution in [0.5, 0.6) is 0 Å². The van der Waals surface area contributed by atoms with Crippen LogP contribution in [0.1, 0.15) is 38.1 Å². The third-order valence-corrected chi connectivity index (χ3v) is 7.08. The van der Waals surface area contributed by atoms with Crippen molar-refractivity contribution >= 4 is 28.6 Å². The monoisotopic (exact) mass is 421 g/mol. The van der Waals surface area contributed by atoms with Gasteiger partial charge in [0.15, 0.2) is 0 Å². The summed E-state index contributed by atoms with van der Waals surface area (Å²) in [5.41, 5.74) is 5.66. The molecule has 2 aliphatic carbocycles. The molecule has 0 amide bonds. The predicted octanol–water partition coefficient (Wildman–Crippen LogP) is 4.51. The van der Waals surface area contributed by atoms with Crippen molar-refractivity contribution in [1.29, 1.82) is 0 Å². The maximum absolute atomic E-state index is 13.4. The first-order chi connectivity index (χ1) is 14.7. The first-order valence-corrected chi connectivity index (χ1v) is 11.2. The number of benzene rings is 1. The lowest BCUT2D eigenvalue weighted by Crippen LogP contribution is -2.29. The van der Waals surface area contributed by atoms with Crippen LogP contribution in [0.4, 0.5) is 5.95 Å². The summed E-state index contributed by atoms with van der Waals surface area (Å²) in [5, 5.41) is 3.79. The van der Waals surface area contributed by atoms with Crippen LogP contribution in [0.2, 0.25) is 5.02 Å². The largest absolute Gasteiger partial charge is 0.289 e. The van der Waals surface area contributed by atoms with Gasteiger partial charge in [-0.25, -0.2) is 9.99 Å². The summed E-state index contributed by atoms with van der Waals surface area (Å²) < 4.78 is 1.87. The minimum Gasteiger partial charge on any atom is -0.289 e. The lowest BCUT2D eigenvalue weighted by atomic mass is 10.0. The first-order valence-electron chi connectivity index (χ1n) is 10.9. The highest BCUT2D eigenvalue weighted by molar-refractivity contribution is 6.30. The van der Waals surface area contributed by atoms with Crippen molar-refractivity contribution in [2.45, 2.75) is 38.1 Å². The van der Waals surface area contributed by atoms with E-state index in [1.54, 1.807) is 0 Å². The van der Waals surface area contributed by atoms with Crippen LogP contribution < -0.4 is 11.0 Å². The summed E-state index contributed by atoms with van der Waals surface area (Å²) in [6.07, 6.45) is 7.88. The number of nitrogens with zero attached hydrogens (tertiary/aromatic N) is 4. The van der Waals surface area contributed by atoms with Crippen LogP contribution in [0.15, 0.2) is 41.3 Å². The smallest absolute Gasteiger partial charge is 0.260 e. The Balaban J connectivity index is 1.38. The van der Waals surface area contributed by atoms with Crippen LogP contribution in [0.3, 0.4) is 0 Å². The van der Waals surface area contributed by atoms with Gasteiger partial charge >= 0.3 is 0 Å². The van der Waals surface area contributed by atoms with Crippen molar-refractivity contribution in [3.63, 3.8) is 0 Å². The van der Waals surface area contributed by atoms with Gasteiger partial charge in [-0.1, -0.05) is 30.2 Å². The number of fused-ring (bicyclic) bond motifs is 2. The number of hydrazine groups is 1. The number of rotatable bonds is 4. The Labute approximate surface area is 179 Å². The number of nitrogens with one attached hydrogen (secondary N) is 1. The number of halogens is 1. The molecule has 3 fully saturated rings. The summed E-state index contributed by atoms with van der Waals surface area (Å²) >= 11 is 6.03. The molecular formula is C23H24ClN5O. The topological polar surface area (TPSA) is 63.1 Å². The Morgan fingerprint density at radius 2 is 1.77 bits per heavy atom. The van der Waals surface area contributed by atoms with Crippen LogP contribution in [0, 0.1) is 11.8 Å². The van der Waals surface area contributed by atoms with Crippen LogP contribution in [-0.4, -0.2) is 32.6 Å². The third kappa shape index (κ3) is 3.19. The average molecular weight is 422 g/mol. The van der Waals surface area contributed by atoms with Gasteiger partial charge in [0.05, 0.1) is 0 Å². The number of hydrogen-bond acceptors (Lipinski definition) is 5. The Hall–Kier alpha value is -2.44. The highest BCUT2D eigenvalue weighted by Crippen LogP contribution is 2.38. The fourth-order valence-corrected chi connectivity index (χ4v) is 5.28. The predicted molar refractivity (Wildman–Crippen MR) is 119 cm³/mol. The van der Waals surface area contributed by atoms with E-state index < -0.39 is 0 Å². The lowest BCUT2D eigenvalue weighted by molar-refractivity contribution is 0.369. The molecule has 30 heavy (non-hydrogen) atoms. The number of pyridine rings is 1. The minimum atomic E-state index is 0.00711. The number of anilines is 1. The van der Waals surface area contributed by atoms with Gasteiger partial charge in [-0.3, -0.25) is 14.8 Å². The van der Waals surface area contributed by atoms with Gasteiger partial charge in [0.25, 0.3) is 5.56 Å². The molecule has 3 heterocycles. The average Bonchev–Trinajstić information content (AvgIpc) is 3.36. The van der Waals surface area contributed by atoms with Crippen molar-refractivity contribution in [2.24, 2.45) is 11.8 Å². The molecule has 1 saturated heterocycles. The van der Waals surface area contributed by atoms with Gasteiger partial charge in [0, 0.05) is 41.3 Å². The molecule has 3 aromatic rings. The molecule has 7 heteroatoms. The van der Waals surface area contributed by atoms with Crippen molar-refractivity contribution in [3.05, 3.63) is 51.9 Å². The van der Waals surface area contributed by atoms with Crippen LogP contribution in [0.25, 0.3) is 22.2 Å². The molecule has 6 rings (SSSR count). The molecule has 6 nitrogen and oxygen atoms in total. The SMILES string of the molecule is O=c1c(-c2ccc(Cl)cc2)cc2cnc(NN3CC4CCCC4C3)nc2n1C1CC1. The summed E-state index contributed by atoms with van der Waals surface area (Å²) in [4.78, 5) is 22.7. The Morgan fingerprint density at radius 1 is 1.03 bits per heavy atom. The molecule has 0 spiro atoms. The molecule has 2 atom stereocenters. The van der Waals surface area contributed by atoms with E-state index in [1.807, 2.05) is 41.1 Å². The summed E-state index contributed by atoms with van der Waals surface area (Å²) in [6.45, 7) is 2.11. The minimum absolute atomic E-state index is 0.00711.